The average Bonchev–Trinajstić information content (AvgIpc) is 2.22. The molecule has 0 saturated carbocycles. The van der Waals surface area contributed by atoms with Gasteiger partial charge in [0.15, 0.2) is 17.4 Å². The van der Waals surface area contributed by atoms with Gasteiger partial charge in [0, 0.05) is 0 Å². The molecule has 0 amide bonds. The second-order valence-corrected chi connectivity index (χ2v) is 40.7. The van der Waals surface area contributed by atoms with Gasteiger partial charge >= 0.3 is 51.4 Å². The monoisotopic (exact) mass is 591 g/mol. The van der Waals surface area contributed by atoms with Crippen LogP contribution in [0.15, 0.2) is 0 Å². The van der Waals surface area contributed by atoms with Crippen LogP contribution in [0.2, 0.25) is 111 Å². The zero-order valence-electron chi connectivity index (χ0n) is 23.9. The highest BCUT2D eigenvalue weighted by Gasteiger charge is 2.48. The van der Waals surface area contributed by atoms with Gasteiger partial charge in [-0.1, -0.05) is 0 Å². The lowest BCUT2D eigenvalue weighted by Crippen LogP contribution is -2.61. The quantitative estimate of drug-likeness (QED) is 0.217. The van der Waals surface area contributed by atoms with Crippen LogP contribution in [-0.4, -0.2) is 68.7 Å². The molecule has 32 heavy (non-hydrogen) atoms. The van der Waals surface area contributed by atoms with E-state index in [1.54, 1.807) is 0 Å². The van der Waals surface area contributed by atoms with Gasteiger partial charge in [-0.2, -0.15) is 0 Å². The summed E-state index contributed by atoms with van der Waals surface area (Å²) in [5, 5.41) is 0. The van der Waals surface area contributed by atoms with Crippen LogP contribution in [0.4, 0.5) is 0 Å². The van der Waals surface area contributed by atoms with Crippen LogP contribution in [0.5, 0.6) is 0 Å². The van der Waals surface area contributed by atoms with Crippen molar-refractivity contribution in [3.63, 3.8) is 0 Å². The van der Waals surface area contributed by atoms with Crippen LogP contribution < -0.4 is 0 Å². The highest BCUT2D eigenvalue weighted by Crippen LogP contribution is 2.28. The van der Waals surface area contributed by atoms with Crippen molar-refractivity contribution in [3.8, 4) is 0 Å². The zero-order chi connectivity index (χ0) is 26.0. The van der Waals surface area contributed by atoms with Crippen molar-refractivity contribution in [2.45, 2.75) is 111 Å². The Labute approximate surface area is 208 Å². The van der Waals surface area contributed by atoms with Crippen LogP contribution in [-0.2, 0) is 28.8 Å². The van der Waals surface area contributed by atoms with E-state index in [-0.39, 0.29) is 0 Å². The first kappa shape index (κ1) is 33.5. The van der Waals surface area contributed by atoms with Gasteiger partial charge in [-0.05, 0) is 111 Å². The molecule has 0 bridgehead atoms. The van der Waals surface area contributed by atoms with Gasteiger partial charge in [-0.3, -0.25) is 0 Å². The third-order valence-electron chi connectivity index (χ3n) is 3.46. The summed E-state index contributed by atoms with van der Waals surface area (Å²) >= 11 is 0. The Hall–Kier alpha value is 1.46. The molecular weight excluding hydrogens is 541 g/mol. The van der Waals surface area contributed by atoms with E-state index in [1.165, 1.54) is 0 Å². The van der Waals surface area contributed by atoms with E-state index < -0.39 is 68.7 Å². The summed E-state index contributed by atoms with van der Waals surface area (Å²) in [5.74, 6) is 0. The van der Waals surface area contributed by atoms with Crippen molar-refractivity contribution in [2.24, 2.45) is 0 Å². The first-order valence-electron chi connectivity index (χ1n) is 11.4. The van der Waals surface area contributed by atoms with Crippen molar-refractivity contribution in [3.05, 3.63) is 0 Å². The molecule has 0 aromatic carbocycles. The Morgan fingerprint density at radius 2 is 0.562 bits per heavy atom. The summed E-state index contributed by atoms with van der Waals surface area (Å²) in [6.07, 6.45) is 0. The van der Waals surface area contributed by atoms with Gasteiger partial charge in [0.2, 0.25) is 0 Å². The Balaban J connectivity index is 5.22. The van der Waals surface area contributed by atoms with Crippen LogP contribution in [0.1, 0.15) is 0 Å². The molecule has 0 saturated heterocycles. The summed E-state index contributed by atoms with van der Waals surface area (Å²) in [6, 6.07) is 0. The maximum absolute atomic E-state index is 6.62. The Kier molecular flexibility index (Phi) is 11.7. The Bertz CT molecular complexity index is 604. The molecule has 1 radical (unpaired) electrons. The first-order valence-corrected chi connectivity index (χ1v) is 34.1. The minimum absolute atomic E-state index is 0.825. The normalized spacial score (nSPS) is 15.6. The van der Waals surface area contributed by atoms with Crippen molar-refractivity contribution in [1.29, 1.82) is 0 Å². The molecule has 0 aromatic rings. The van der Waals surface area contributed by atoms with E-state index in [0.717, 1.165) is 0 Å². The predicted octanol–water partition coefficient (Wildman–Crippen LogP) is 6.40. The molecule has 0 aliphatic heterocycles. The molecule has 0 heterocycles. The van der Waals surface area contributed by atoms with E-state index in [2.05, 4.69) is 111 Å². The van der Waals surface area contributed by atoms with E-state index in [4.69, 9.17) is 28.8 Å². The fourth-order valence-corrected chi connectivity index (χ4v) is 41.1. The lowest BCUT2D eigenvalue weighted by molar-refractivity contribution is 0.265. The molecule has 0 aromatic heterocycles. The van der Waals surface area contributed by atoms with Gasteiger partial charge < -0.3 is 28.8 Å². The second kappa shape index (κ2) is 11.2. The highest BCUT2D eigenvalue weighted by molar-refractivity contribution is 6.91. The first-order chi connectivity index (χ1) is 13.7. The van der Waals surface area contributed by atoms with E-state index in [0.29, 0.717) is 0 Å². The average molecular weight is 592 g/mol. The Morgan fingerprint density at radius 1 is 0.344 bits per heavy atom. The van der Waals surface area contributed by atoms with E-state index in [1.807, 2.05) is 0 Å². The molecule has 0 rings (SSSR count). The molecule has 7 nitrogen and oxygen atoms in total. The smallest absolute Gasteiger partial charge is 0.314 e. The molecular formula is C17H51O7Si8. The highest BCUT2D eigenvalue weighted by atomic mass is 28.5. The van der Waals surface area contributed by atoms with Crippen molar-refractivity contribution < 1.29 is 28.8 Å². The van der Waals surface area contributed by atoms with Crippen molar-refractivity contribution >= 4 is 68.7 Å². The lowest BCUT2D eigenvalue weighted by atomic mass is 11.8. The fraction of sp³-hybridized carbons (Fsp3) is 1.00. The Morgan fingerprint density at radius 3 is 0.781 bits per heavy atom. The number of rotatable bonds is 14. The summed E-state index contributed by atoms with van der Waals surface area (Å²) in [4.78, 5) is 0. The van der Waals surface area contributed by atoms with Crippen LogP contribution in [0.3, 0.4) is 0 Å². The minimum Gasteiger partial charge on any atom is -0.437 e. The van der Waals surface area contributed by atoms with E-state index in [9.17, 15) is 0 Å². The topological polar surface area (TPSA) is 64.6 Å². The summed E-state index contributed by atoms with van der Waals surface area (Å²) < 4.78 is 45.3. The molecule has 15 heteroatoms. The molecule has 0 aliphatic carbocycles. The zero-order valence-corrected chi connectivity index (χ0v) is 31.9. The maximum Gasteiger partial charge on any atom is 0.314 e. The predicted molar refractivity (Wildman–Crippen MR) is 153 cm³/mol. The van der Waals surface area contributed by atoms with Gasteiger partial charge in [0.05, 0.1) is 0 Å². The summed E-state index contributed by atoms with van der Waals surface area (Å²) in [5.41, 5.74) is 0. The second-order valence-electron chi connectivity index (χ2n) is 12.1. The summed E-state index contributed by atoms with van der Waals surface area (Å²) in [7, 11) is -17.0. The van der Waals surface area contributed by atoms with Crippen LogP contribution in [0, 0.1) is 0 Å². The molecule has 0 N–H and O–H groups in total. The molecule has 193 valence electrons. The third kappa shape index (κ3) is 16.2. The molecule has 0 fully saturated rings. The van der Waals surface area contributed by atoms with Gasteiger partial charge in [0.25, 0.3) is 0 Å². The van der Waals surface area contributed by atoms with Crippen LogP contribution in [0.25, 0.3) is 0 Å². The molecule has 0 spiro atoms. The van der Waals surface area contributed by atoms with E-state index >= 15 is 0 Å². The number of hydrogen-bond acceptors (Lipinski definition) is 7. The van der Waals surface area contributed by atoms with Crippen LogP contribution >= 0.6 is 0 Å². The molecule has 0 aliphatic rings. The van der Waals surface area contributed by atoms with Gasteiger partial charge in [-0.15, -0.1) is 0 Å². The fourth-order valence-electron chi connectivity index (χ4n) is 4.31. The van der Waals surface area contributed by atoms with Gasteiger partial charge in [0.1, 0.15) is 0 Å². The van der Waals surface area contributed by atoms with Crippen molar-refractivity contribution in [1.82, 2.24) is 0 Å². The lowest BCUT2D eigenvalue weighted by Gasteiger charge is -2.43. The third-order valence-corrected chi connectivity index (χ3v) is 31.1. The largest absolute Gasteiger partial charge is 0.437 e. The standard InChI is InChI=1S/C17H51O7Si8/c1-25(2)18-27(6,7)20-29(10,11)22-31(14,15)24-32(16,17)23-30(12,13)21-28(8,9)19-26(3,4)5/h1-17H3. The SMILES string of the molecule is C[Si](C)O[Si](C)(C)O[Si](C)(C)O[Si](C)(C)O[Si](C)(C)O[Si](C)(C)O[Si](C)(C)O[Si](C)(C)C. The molecule has 0 atom stereocenters. The number of hydrogen-bond donors (Lipinski definition) is 0. The minimum atomic E-state index is -2.51. The summed E-state index contributed by atoms with van der Waals surface area (Å²) in [6.45, 7) is 35.9. The van der Waals surface area contributed by atoms with Gasteiger partial charge in [-0.25, -0.2) is 0 Å². The molecule has 0 unspecified atom stereocenters. The van der Waals surface area contributed by atoms with Crippen molar-refractivity contribution in [2.75, 3.05) is 0 Å². The maximum atomic E-state index is 6.62.